The van der Waals surface area contributed by atoms with Gasteiger partial charge in [-0.15, -0.1) is 16.4 Å². The molecule has 0 spiro atoms. The zero-order chi connectivity index (χ0) is 15.8. The number of halogens is 1. The van der Waals surface area contributed by atoms with Crippen LogP contribution in [0.15, 0.2) is 46.3 Å². The van der Waals surface area contributed by atoms with Crippen LogP contribution in [0.5, 0.6) is 0 Å². The van der Waals surface area contributed by atoms with E-state index in [2.05, 4.69) is 20.5 Å². The minimum atomic E-state index is -0.300. The molecule has 0 aliphatic rings. The van der Waals surface area contributed by atoms with Gasteiger partial charge in [-0.2, -0.15) is 4.98 Å². The molecular weight excluding hydrogens is 317 g/mol. The lowest BCUT2D eigenvalue weighted by molar-refractivity contribution is 0.433. The lowest BCUT2D eigenvalue weighted by Gasteiger charge is -2.02. The Hall–Kier alpha value is -2.87. The van der Waals surface area contributed by atoms with Gasteiger partial charge in [-0.1, -0.05) is 16.4 Å². The van der Waals surface area contributed by atoms with Crippen LogP contribution in [0.25, 0.3) is 28.0 Å². The minimum Gasteiger partial charge on any atom is -0.333 e. The van der Waals surface area contributed by atoms with Crippen LogP contribution in [0, 0.1) is 12.7 Å². The summed E-state index contributed by atoms with van der Waals surface area (Å²) in [6.07, 6.45) is 0. The van der Waals surface area contributed by atoms with E-state index in [0.717, 1.165) is 10.6 Å². The van der Waals surface area contributed by atoms with Crippen molar-refractivity contribution in [3.63, 3.8) is 0 Å². The van der Waals surface area contributed by atoms with Crippen LogP contribution in [-0.4, -0.2) is 25.1 Å². The highest BCUT2D eigenvalue weighted by Crippen LogP contribution is 2.26. The van der Waals surface area contributed by atoms with Crippen molar-refractivity contribution in [1.82, 2.24) is 25.1 Å². The largest absolute Gasteiger partial charge is 0.333 e. The Morgan fingerprint density at radius 2 is 2.00 bits per heavy atom. The van der Waals surface area contributed by atoms with Crippen molar-refractivity contribution in [1.29, 1.82) is 0 Å². The molecule has 3 aromatic heterocycles. The molecule has 23 heavy (non-hydrogen) atoms. The van der Waals surface area contributed by atoms with E-state index in [1.807, 2.05) is 24.4 Å². The Labute approximate surface area is 134 Å². The second kappa shape index (κ2) is 5.40. The molecule has 8 heteroatoms. The zero-order valence-corrected chi connectivity index (χ0v) is 12.8. The van der Waals surface area contributed by atoms with E-state index in [1.165, 1.54) is 23.5 Å². The van der Waals surface area contributed by atoms with E-state index < -0.39 is 0 Å². The van der Waals surface area contributed by atoms with Crippen molar-refractivity contribution >= 4 is 11.3 Å². The van der Waals surface area contributed by atoms with Crippen molar-refractivity contribution in [2.75, 3.05) is 0 Å². The highest BCUT2D eigenvalue weighted by atomic mass is 32.1. The van der Waals surface area contributed by atoms with Gasteiger partial charge in [0.15, 0.2) is 5.69 Å². The molecule has 0 unspecified atom stereocenters. The Balaban J connectivity index is 1.72. The van der Waals surface area contributed by atoms with Gasteiger partial charge in [-0.05, 0) is 42.6 Å². The molecule has 4 rings (SSSR count). The number of nitrogens with zero attached hydrogens (tertiary/aromatic N) is 5. The van der Waals surface area contributed by atoms with Crippen LogP contribution in [0.4, 0.5) is 4.39 Å². The van der Waals surface area contributed by atoms with Crippen LogP contribution in [0.2, 0.25) is 0 Å². The third kappa shape index (κ3) is 2.42. The van der Waals surface area contributed by atoms with Gasteiger partial charge in [-0.25, -0.2) is 9.07 Å². The Bertz CT molecular complexity index is 943. The fraction of sp³-hybridized carbons (Fsp3) is 0.0667. The summed E-state index contributed by atoms with van der Waals surface area (Å²) in [4.78, 5) is 5.26. The molecule has 114 valence electrons. The van der Waals surface area contributed by atoms with E-state index in [-0.39, 0.29) is 5.82 Å². The highest BCUT2D eigenvalue weighted by molar-refractivity contribution is 7.13. The average molecular weight is 327 g/mol. The smallest absolute Gasteiger partial charge is 0.268 e. The number of benzene rings is 1. The quantitative estimate of drug-likeness (QED) is 0.576. The molecule has 3 heterocycles. The molecule has 0 radical (unpaired) electrons. The molecule has 0 amide bonds. The summed E-state index contributed by atoms with van der Waals surface area (Å²) in [5, 5.41) is 14.1. The van der Waals surface area contributed by atoms with Crippen molar-refractivity contribution in [2.45, 2.75) is 6.92 Å². The van der Waals surface area contributed by atoms with Gasteiger partial charge in [0, 0.05) is 0 Å². The maximum atomic E-state index is 13.0. The average Bonchev–Trinajstić information content (AvgIpc) is 3.27. The van der Waals surface area contributed by atoms with Gasteiger partial charge >= 0.3 is 0 Å². The van der Waals surface area contributed by atoms with Crippen molar-refractivity contribution in [3.8, 4) is 28.0 Å². The van der Waals surface area contributed by atoms with Crippen LogP contribution >= 0.6 is 11.3 Å². The van der Waals surface area contributed by atoms with E-state index in [9.17, 15) is 4.39 Å². The number of thiophene rings is 1. The van der Waals surface area contributed by atoms with Crippen LogP contribution < -0.4 is 0 Å². The van der Waals surface area contributed by atoms with Gasteiger partial charge in [0.25, 0.3) is 5.89 Å². The number of rotatable bonds is 3. The van der Waals surface area contributed by atoms with Gasteiger partial charge in [0.1, 0.15) is 5.82 Å². The van der Waals surface area contributed by atoms with Gasteiger partial charge < -0.3 is 4.52 Å². The van der Waals surface area contributed by atoms with Crippen molar-refractivity contribution in [2.24, 2.45) is 0 Å². The maximum Gasteiger partial charge on any atom is 0.268 e. The van der Waals surface area contributed by atoms with Gasteiger partial charge in [-0.3, -0.25) is 0 Å². The summed E-state index contributed by atoms with van der Waals surface area (Å²) in [5.41, 5.74) is 1.99. The standard InChI is InChI=1S/C15H10FN5OS/c1-9-13(14-17-15(22-19-14)12-3-2-8-23-12)18-20-21(9)11-6-4-10(16)5-7-11/h2-8H,1H3. The summed E-state index contributed by atoms with van der Waals surface area (Å²) in [6.45, 7) is 1.85. The first-order valence-electron chi connectivity index (χ1n) is 6.78. The Morgan fingerprint density at radius 1 is 1.17 bits per heavy atom. The second-order valence-corrected chi connectivity index (χ2v) is 5.76. The topological polar surface area (TPSA) is 69.6 Å². The van der Waals surface area contributed by atoms with Gasteiger partial charge in [0.05, 0.1) is 16.3 Å². The van der Waals surface area contributed by atoms with E-state index >= 15 is 0 Å². The summed E-state index contributed by atoms with van der Waals surface area (Å²) in [6, 6.07) is 9.84. The summed E-state index contributed by atoms with van der Waals surface area (Å²) in [7, 11) is 0. The fourth-order valence-corrected chi connectivity index (χ4v) is 2.83. The van der Waals surface area contributed by atoms with Crippen LogP contribution in [0.3, 0.4) is 0 Å². The molecule has 4 aromatic rings. The lowest BCUT2D eigenvalue weighted by atomic mass is 10.3. The van der Waals surface area contributed by atoms with Crippen LogP contribution in [-0.2, 0) is 0 Å². The Kier molecular flexibility index (Phi) is 3.23. The molecule has 0 aliphatic carbocycles. The lowest BCUT2D eigenvalue weighted by Crippen LogP contribution is -1.99. The third-order valence-electron chi connectivity index (χ3n) is 3.34. The maximum absolute atomic E-state index is 13.0. The molecule has 0 N–H and O–H groups in total. The second-order valence-electron chi connectivity index (χ2n) is 4.81. The molecule has 6 nitrogen and oxygen atoms in total. The monoisotopic (exact) mass is 327 g/mol. The SMILES string of the molecule is Cc1c(-c2noc(-c3cccs3)n2)nnn1-c1ccc(F)cc1. The fourth-order valence-electron chi connectivity index (χ4n) is 2.18. The third-order valence-corrected chi connectivity index (χ3v) is 4.19. The number of hydrogen-bond donors (Lipinski definition) is 0. The highest BCUT2D eigenvalue weighted by Gasteiger charge is 2.18. The van der Waals surface area contributed by atoms with E-state index in [0.29, 0.717) is 23.1 Å². The first-order valence-corrected chi connectivity index (χ1v) is 7.66. The summed E-state index contributed by atoms with van der Waals surface area (Å²) in [5.74, 6) is 0.524. The molecule has 0 saturated heterocycles. The summed E-state index contributed by atoms with van der Waals surface area (Å²) >= 11 is 1.52. The predicted octanol–water partition coefficient (Wildman–Crippen LogP) is 3.49. The number of aromatic nitrogens is 5. The Morgan fingerprint density at radius 3 is 2.74 bits per heavy atom. The zero-order valence-electron chi connectivity index (χ0n) is 12.0. The molecule has 0 bridgehead atoms. The molecule has 1 aromatic carbocycles. The van der Waals surface area contributed by atoms with Crippen molar-refractivity contribution in [3.05, 3.63) is 53.3 Å². The molecule has 0 aliphatic heterocycles. The molecule has 0 fully saturated rings. The van der Waals surface area contributed by atoms with Crippen molar-refractivity contribution < 1.29 is 8.91 Å². The number of hydrogen-bond acceptors (Lipinski definition) is 6. The van der Waals surface area contributed by atoms with Crippen LogP contribution in [0.1, 0.15) is 5.69 Å². The normalized spacial score (nSPS) is 11.0. The first-order chi connectivity index (χ1) is 11.2. The molecule has 0 saturated carbocycles. The van der Waals surface area contributed by atoms with E-state index in [1.54, 1.807) is 16.8 Å². The predicted molar refractivity (Wildman–Crippen MR) is 82.7 cm³/mol. The molecular formula is C15H10FN5OS. The van der Waals surface area contributed by atoms with Gasteiger partial charge in [0.2, 0.25) is 5.82 Å². The first kappa shape index (κ1) is 13.8. The van der Waals surface area contributed by atoms with E-state index in [4.69, 9.17) is 4.52 Å². The minimum absolute atomic E-state index is 0.300. The molecule has 0 atom stereocenters. The summed E-state index contributed by atoms with van der Waals surface area (Å²) < 4.78 is 19.9.